The van der Waals surface area contributed by atoms with Crippen molar-refractivity contribution >= 4 is 44.2 Å². The van der Waals surface area contributed by atoms with Crippen LogP contribution in [0.15, 0.2) is 42.5 Å². The molecule has 6 nitrogen and oxygen atoms in total. The predicted molar refractivity (Wildman–Crippen MR) is 103 cm³/mol. The molecule has 0 amide bonds. The number of anilines is 2. The van der Waals surface area contributed by atoms with Crippen molar-refractivity contribution < 1.29 is 8.42 Å². The fourth-order valence-corrected chi connectivity index (χ4v) is 3.45. The molecular weight excluding hydrogens is 356 g/mol. The molecule has 0 atom stereocenters. The second-order valence-electron chi connectivity index (χ2n) is 6.71. The van der Waals surface area contributed by atoms with Gasteiger partial charge < -0.3 is 5.32 Å². The third-order valence-electron chi connectivity index (χ3n) is 3.78. The van der Waals surface area contributed by atoms with Crippen molar-refractivity contribution in [1.82, 2.24) is 8.75 Å². The molecule has 25 heavy (non-hydrogen) atoms. The number of nitrogens with zero attached hydrogens (tertiary/aromatic N) is 2. The Hall–Kier alpha value is -2.19. The Labute approximate surface area is 151 Å². The van der Waals surface area contributed by atoms with E-state index in [-0.39, 0.29) is 0 Å². The quantitative estimate of drug-likeness (QED) is 0.707. The second-order valence-corrected chi connectivity index (χ2v) is 9.67. The molecule has 1 heterocycles. The van der Waals surface area contributed by atoms with Gasteiger partial charge in [-0.05, 0) is 50.6 Å². The highest BCUT2D eigenvalue weighted by atomic mass is 32.2. The molecule has 0 fully saturated rings. The standard InChI is InChI=1S/C17H20N4O2S2/c1-17(2,3)25(22,23)21-13-9-7-12(8-10-13)11-18-14-5-4-6-15-16(14)20-24-19-15/h4-10,18,21H,11H2,1-3H3. The van der Waals surface area contributed by atoms with Crippen LogP contribution in [-0.4, -0.2) is 21.9 Å². The molecular formula is C17H20N4O2S2. The zero-order valence-electron chi connectivity index (χ0n) is 14.3. The lowest BCUT2D eigenvalue weighted by Crippen LogP contribution is -2.33. The van der Waals surface area contributed by atoms with Crippen LogP contribution in [0.5, 0.6) is 0 Å². The molecule has 8 heteroatoms. The van der Waals surface area contributed by atoms with Gasteiger partial charge in [0.05, 0.1) is 22.2 Å². The van der Waals surface area contributed by atoms with E-state index in [2.05, 4.69) is 18.8 Å². The maximum atomic E-state index is 12.2. The molecule has 0 aliphatic rings. The number of hydrogen-bond donors (Lipinski definition) is 2. The number of benzene rings is 2. The molecule has 1 aromatic heterocycles. The summed E-state index contributed by atoms with van der Waals surface area (Å²) in [5.74, 6) is 0. The van der Waals surface area contributed by atoms with Crippen LogP contribution in [0, 0.1) is 0 Å². The third-order valence-corrected chi connectivity index (χ3v) is 6.44. The van der Waals surface area contributed by atoms with Gasteiger partial charge in [0, 0.05) is 12.2 Å². The Bertz CT molecular complexity index is 974. The van der Waals surface area contributed by atoms with E-state index < -0.39 is 14.8 Å². The first kappa shape index (κ1) is 17.6. The Balaban J connectivity index is 1.68. The maximum absolute atomic E-state index is 12.2. The van der Waals surface area contributed by atoms with Crippen molar-refractivity contribution in [3.8, 4) is 0 Å². The van der Waals surface area contributed by atoms with Crippen molar-refractivity contribution in [2.24, 2.45) is 0 Å². The van der Waals surface area contributed by atoms with E-state index in [0.717, 1.165) is 22.3 Å². The highest BCUT2D eigenvalue weighted by Gasteiger charge is 2.28. The van der Waals surface area contributed by atoms with Crippen molar-refractivity contribution in [3.63, 3.8) is 0 Å². The van der Waals surface area contributed by atoms with E-state index in [9.17, 15) is 8.42 Å². The normalized spacial score (nSPS) is 12.3. The van der Waals surface area contributed by atoms with E-state index in [1.54, 1.807) is 32.9 Å². The van der Waals surface area contributed by atoms with Crippen LogP contribution < -0.4 is 10.0 Å². The van der Waals surface area contributed by atoms with Crippen molar-refractivity contribution in [2.45, 2.75) is 32.1 Å². The molecule has 3 aromatic rings. The largest absolute Gasteiger partial charge is 0.379 e. The summed E-state index contributed by atoms with van der Waals surface area (Å²) < 4.78 is 34.6. The summed E-state index contributed by atoms with van der Waals surface area (Å²) in [6, 6.07) is 13.2. The number of nitrogens with one attached hydrogen (secondary N) is 2. The van der Waals surface area contributed by atoms with Gasteiger partial charge in [-0.3, -0.25) is 4.72 Å². The first-order valence-electron chi connectivity index (χ1n) is 7.83. The zero-order chi connectivity index (χ0) is 18.1. The number of rotatable bonds is 5. The molecule has 2 aromatic carbocycles. The van der Waals surface area contributed by atoms with Crippen LogP contribution in [0.1, 0.15) is 26.3 Å². The number of sulfonamides is 1. The van der Waals surface area contributed by atoms with Crippen LogP contribution in [0.25, 0.3) is 11.0 Å². The summed E-state index contributed by atoms with van der Waals surface area (Å²) in [5.41, 5.74) is 4.27. The number of hydrogen-bond acceptors (Lipinski definition) is 6. The van der Waals surface area contributed by atoms with Crippen LogP contribution in [0.3, 0.4) is 0 Å². The number of fused-ring (bicyclic) bond motifs is 1. The Kier molecular flexibility index (Phi) is 4.66. The van der Waals surface area contributed by atoms with Crippen molar-refractivity contribution in [3.05, 3.63) is 48.0 Å². The lowest BCUT2D eigenvalue weighted by Gasteiger charge is -2.20. The van der Waals surface area contributed by atoms with Gasteiger partial charge in [0.2, 0.25) is 10.0 Å². The molecule has 0 aliphatic heterocycles. The highest BCUT2D eigenvalue weighted by molar-refractivity contribution is 7.94. The van der Waals surface area contributed by atoms with E-state index in [0.29, 0.717) is 12.2 Å². The summed E-state index contributed by atoms with van der Waals surface area (Å²) >= 11 is 1.19. The second kappa shape index (κ2) is 6.61. The van der Waals surface area contributed by atoms with Gasteiger partial charge in [0.25, 0.3) is 0 Å². The Morgan fingerprint density at radius 1 is 1.04 bits per heavy atom. The number of aromatic nitrogens is 2. The molecule has 0 aliphatic carbocycles. The van der Waals surface area contributed by atoms with Gasteiger partial charge in [-0.1, -0.05) is 18.2 Å². The molecule has 132 valence electrons. The highest BCUT2D eigenvalue weighted by Crippen LogP contribution is 2.23. The minimum Gasteiger partial charge on any atom is -0.379 e. The van der Waals surface area contributed by atoms with Crippen LogP contribution in [0.2, 0.25) is 0 Å². The van der Waals surface area contributed by atoms with Gasteiger partial charge in [-0.2, -0.15) is 8.75 Å². The van der Waals surface area contributed by atoms with Gasteiger partial charge in [0.1, 0.15) is 11.0 Å². The zero-order valence-corrected chi connectivity index (χ0v) is 15.9. The molecule has 0 unspecified atom stereocenters. The van der Waals surface area contributed by atoms with Crippen molar-refractivity contribution in [2.75, 3.05) is 10.0 Å². The summed E-state index contributed by atoms with van der Waals surface area (Å²) in [6.45, 7) is 5.62. The topological polar surface area (TPSA) is 84.0 Å². The smallest absolute Gasteiger partial charge is 0.237 e. The molecule has 0 spiro atoms. The minimum absolute atomic E-state index is 0.560. The Morgan fingerprint density at radius 3 is 2.44 bits per heavy atom. The maximum Gasteiger partial charge on any atom is 0.237 e. The van der Waals surface area contributed by atoms with Crippen LogP contribution in [0.4, 0.5) is 11.4 Å². The third kappa shape index (κ3) is 3.91. The molecule has 2 N–H and O–H groups in total. The molecule has 0 saturated carbocycles. The molecule has 0 saturated heterocycles. The van der Waals surface area contributed by atoms with Crippen molar-refractivity contribution in [1.29, 1.82) is 0 Å². The van der Waals surface area contributed by atoms with Crippen LogP contribution >= 0.6 is 11.7 Å². The van der Waals surface area contributed by atoms with Gasteiger partial charge in [-0.25, -0.2) is 8.42 Å². The first-order valence-corrected chi connectivity index (χ1v) is 10.0. The Morgan fingerprint density at radius 2 is 1.76 bits per heavy atom. The fourth-order valence-electron chi connectivity index (χ4n) is 2.14. The molecule has 0 bridgehead atoms. The van der Waals surface area contributed by atoms with E-state index in [1.165, 1.54) is 11.7 Å². The minimum atomic E-state index is -3.42. The predicted octanol–water partition coefficient (Wildman–Crippen LogP) is 3.84. The monoisotopic (exact) mass is 376 g/mol. The van der Waals surface area contributed by atoms with E-state index in [1.807, 2.05) is 30.3 Å². The lowest BCUT2D eigenvalue weighted by molar-refractivity contribution is 0.566. The van der Waals surface area contributed by atoms with E-state index in [4.69, 9.17) is 0 Å². The van der Waals surface area contributed by atoms with Gasteiger partial charge in [0.15, 0.2) is 0 Å². The SMILES string of the molecule is CC(C)(C)S(=O)(=O)Nc1ccc(CNc2cccc3nsnc23)cc1. The average Bonchev–Trinajstić information content (AvgIpc) is 3.02. The first-order chi connectivity index (χ1) is 11.8. The summed E-state index contributed by atoms with van der Waals surface area (Å²) in [7, 11) is -3.42. The van der Waals surface area contributed by atoms with Gasteiger partial charge in [-0.15, -0.1) is 0 Å². The van der Waals surface area contributed by atoms with Gasteiger partial charge >= 0.3 is 0 Å². The molecule has 3 rings (SSSR count). The fraction of sp³-hybridized carbons (Fsp3) is 0.294. The average molecular weight is 377 g/mol. The van der Waals surface area contributed by atoms with Crippen LogP contribution in [-0.2, 0) is 16.6 Å². The summed E-state index contributed by atoms with van der Waals surface area (Å²) in [5, 5.41) is 3.35. The van der Waals surface area contributed by atoms with E-state index >= 15 is 0 Å². The summed E-state index contributed by atoms with van der Waals surface area (Å²) in [4.78, 5) is 0. The lowest BCUT2D eigenvalue weighted by atomic mass is 10.2. The summed E-state index contributed by atoms with van der Waals surface area (Å²) in [6.07, 6.45) is 0. The molecule has 0 radical (unpaired) electrons.